The minimum atomic E-state index is -0.369. The number of thiazole rings is 1. The van der Waals surface area contributed by atoms with Crippen molar-refractivity contribution >= 4 is 39.1 Å². The highest BCUT2D eigenvalue weighted by atomic mass is 32.1. The van der Waals surface area contributed by atoms with Gasteiger partial charge in [0.2, 0.25) is 11.8 Å². The number of hydrogen-bond donors (Lipinski definition) is 1. The normalized spacial score (nSPS) is 16.1. The first-order chi connectivity index (χ1) is 14.5. The number of nitrogens with zero attached hydrogens (tertiary/aromatic N) is 2. The van der Waals surface area contributed by atoms with Crippen LogP contribution < -0.4 is 19.7 Å². The molecule has 1 aromatic heterocycles. The number of rotatable bonds is 7. The molecule has 0 aliphatic carbocycles. The number of ether oxygens (including phenoxy) is 2. The van der Waals surface area contributed by atoms with Crippen molar-refractivity contribution in [2.75, 3.05) is 31.7 Å². The molecule has 0 saturated carbocycles. The van der Waals surface area contributed by atoms with Crippen LogP contribution in [-0.4, -0.2) is 43.6 Å². The Kier molecular flexibility index (Phi) is 5.85. The van der Waals surface area contributed by atoms with Crippen molar-refractivity contribution in [1.82, 2.24) is 10.3 Å². The molecule has 1 aliphatic rings. The number of hydrogen-bond acceptors (Lipinski definition) is 6. The first-order valence-corrected chi connectivity index (χ1v) is 10.6. The maximum Gasteiger partial charge on any atom is 0.227 e. The molecule has 0 spiro atoms. The van der Waals surface area contributed by atoms with Crippen LogP contribution in [0, 0.1) is 12.8 Å². The lowest BCUT2D eigenvalue weighted by Crippen LogP contribution is -2.35. The predicted octanol–water partition coefficient (Wildman–Crippen LogP) is 3.16. The van der Waals surface area contributed by atoms with Crippen molar-refractivity contribution in [3.05, 3.63) is 47.5 Å². The van der Waals surface area contributed by atoms with E-state index in [2.05, 4.69) is 10.3 Å². The van der Waals surface area contributed by atoms with Gasteiger partial charge in [-0.1, -0.05) is 0 Å². The first kappa shape index (κ1) is 20.2. The van der Waals surface area contributed by atoms with Gasteiger partial charge in [0, 0.05) is 18.7 Å². The number of fused-ring (bicyclic) bond motifs is 1. The van der Waals surface area contributed by atoms with Gasteiger partial charge in [-0.3, -0.25) is 9.59 Å². The third kappa shape index (κ3) is 4.38. The Bertz CT molecular complexity index is 1060. The molecule has 7 nitrogen and oxygen atoms in total. The highest BCUT2D eigenvalue weighted by molar-refractivity contribution is 7.18. The van der Waals surface area contributed by atoms with Gasteiger partial charge in [-0.15, -0.1) is 11.3 Å². The molecule has 2 amide bonds. The summed E-state index contributed by atoms with van der Waals surface area (Å²) in [5.74, 6) is 0.923. The van der Waals surface area contributed by atoms with Crippen molar-refractivity contribution in [2.24, 2.45) is 5.92 Å². The minimum Gasteiger partial charge on any atom is -0.497 e. The van der Waals surface area contributed by atoms with Crippen molar-refractivity contribution < 1.29 is 19.1 Å². The van der Waals surface area contributed by atoms with E-state index in [9.17, 15) is 9.59 Å². The Morgan fingerprint density at radius 2 is 2.00 bits per heavy atom. The van der Waals surface area contributed by atoms with Crippen molar-refractivity contribution in [3.8, 4) is 11.5 Å². The zero-order chi connectivity index (χ0) is 21.1. The lowest BCUT2D eigenvalue weighted by Gasteiger charge is -2.16. The molecule has 4 rings (SSSR count). The van der Waals surface area contributed by atoms with Gasteiger partial charge in [-0.05, 0) is 49.4 Å². The van der Waals surface area contributed by atoms with Crippen LogP contribution in [0.1, 0.15) is 11.4 Å². The van der Waals surface area contributed by atoms with E-state index in [-0.39, 0.29) is 24.2 Å². The molecule has 30 heavy (non-hydrogen) atoms. The lowest BCUT2D eigenvalue weighted by atomic mass is 10.1. The maximum atomic E-state index is 12.5. The number of nitrogens with one attached hydrogen (secondary N) is 1. The van der Waals surface area contributed by atoms with Gasteiger partial charge in [-0.25, -0.2) is 4.98 Å². The van der Waals surface area contributed by atoms with E-state index in [4.69, 9.17) is 9.47 Å². The fourth-order valence-corrected chi connectivity index (χ4v) is 4.30. The second-order valence-corrected chi connectivity index (χ2v) is 8.34. The standard InChI is InChI=1S/C22H23N3O4S/c1-14-24-19-12-16(3-8-20(19)30-14)25-13-15(11-21(25)26)22(27)23-9-10-29-18-6-4-17(28-2)5-7-18/h3-8,12,15H,9-11,13H2,1-2H3,(H,23,27). The van der Waals surface area contributed by atoms with Crippen LogP contribution in [0.5, 0.6) is 11.5 Å². The summed E-state index contributed by atoms with van der Waals surface area (Å²) >= 11 is 1.62. The SMILES string of the molecule is COc1ccc(OCCNC(=O)C2CC(=O)N(c3ccc4sc(C)nc4c3)C2)cc1. The van der Waals surface area contributed by atoms with Gasteiger partial charge in [-0.2, -0.15) is 0 Å². The molecule has 1 N–H and O–H groups in total. The molecule has 156 valence electrons. The van der Waals surface area contributed by atoms with Crippen LogP contribution in [0.25, 0.3) is 10.2 Å². The zero-order valence-corrected chi connectivity index (χ0v) is 17.7. The van der Waals surface area contributed by atoms with Gasteiger partial charge in [0.15, 0.2) is 0 Å². The molecule has 1 aliphatic heterocycles. The topological polar surface area (TPSA) is 80.8 Å². The van der Waals surface area contributed by atoms with Crippen molar-refractivity contribution in [2.45, 2.75) is 13.3 Å². The highest BCUT2D eigenvalue weighted by Crippen LogP contribution is 2.30. The number of benzene rings is 2. The molecule has 3 aromatic rings. The summed E-state index contributed by atoms with van der Waals surface area (Å²) < 4.78 is 11.8. The fourth-order valence-electron chi connectivity index (χ4n) is 3.49. The van der Waals surface area contributed by atoms with Crippen LogP contribution in [0.3, 0.4) is 0 Å². The second-order valence-electron chi connectivity index (χ2n) is 7.11. The van der Waals surface area contributed by atoms with E-state index in [1.54, 1.807) is 23.3 Å². The summed E-state index contributed by atoms with van der Waals surface area (Å²) in [4.78, 5) is 31.2. The maximum absolute atomic E-state index is 12.5. The van der Waals surface area contributed by atoms with Gasteiger partial charge in [0.25, 0.3) is 0 Å². The minimum absolute atomic E-state index is 0.0454. The van der Waals surface area contributed by atoms with E-state index in [1.807, 2.05) is 49.4 Å². The van der Waals surface area contributed by atoms with Crippen molar-refractivity contribution in [3.63, 3.8) is 0 Å². The molecule has 1 saturated heterocycles. The van der Waals surface area contributed by atoms with Crippen LogP contribution in [0.4, 0.5) is 5.69 Å². The summed E-state index contributed by atoms with van der Waals surface area (Å²) in [6, 6.07) is 13.1. The molecule has 0 radical (unpaired) electrons. The van der Waals surface area contributed by atoms with E-state index in [0.717, 1.165) is 26.7 Å². The molecular formula is C22H23N3O4S. The molecule has 2 heterocycles. The lowest BCUT2D eigenvalue weighted by molar-refractivity contribution is -0.126. The summed E-state index contributed by atoms with van der Waals surface area (Å²) in [5.41, 5.74) is 1.67. The summed E-state index contributed by atoms with van der Waals surface area (Å²) in [7, 11) is 1.61. The molecule has 1 unspecified atom stereocenters. The molecule has 8 heteroatoms. The average Bonchev–Trinajstić information content (AvgIpc) is 3.32. The molecule has 2 aromatic carbocycles. The predicted molar refractivity (Wildman–Crippen MR) is 116 cm³/mol. The fraction of sp³-hybridized carbons (Fsp3) is 0.318. The smallest absolute Gasteiger partial charge is 0.227 e. The number of carbonyl (C=O) groups is 2. The quantitative estimate of drug-likeness (QED) is 0.588. The number of amides is 2. The monoisotopic (exact) mass is 425 g/mol. The molecule has 1 fully saturated rings. The highest BCUT2D eigenvalue weighted by Gasteiger charge is 2.35. The second kappa shape index (κ2) is 8.71. The Balaban J connectivity index is 1.28. The third-order valence-electron chi connectivity index (χ3n) is 5.02. The molecule has 1 atom stereocenters. The zero-order valence-electron chi connectivity index (χ0n) is 16.9. The number of aryl methyl sites for hydroxylation is 1. The van der Waals surface area contributed by atoms with E-state index in [1.165, 1.54) is 0 Å². The van der Waals surface area contributed by atoms with Gasteiger partial charge in [0.1, 0.15) is 18.1 Å². The average molecular weight is 426 g/mol. The van der Waals surface area contributed by atoms with Gasteiger partial charge < -0.3 is 19.7 Å². The van der Waals surface area contributed by atoms with Gasteiger partial charge in [0.05, 0.1) is 34.8 Å². The van der Waals surface area contributed by atoms with Crippen LogP contribution >= 0.6 is 11.3 Å². The molecule has 0 bridgehead atoms. The Morgan fingerprint density at radius 1 is 1.23 bits per heavy atom. The summed E-state index contributed by atoms with van der Waals surface area (Å²) in [5, 5.41) is 3.85. The number of anilines is 1. The molecular weight excluding hydrogens is 402 g/mol. The number of aromatic nitrogens is 1. The first-order valence-electron chi connectivity index (χ1n) is 9.75. The van der Waals surface area contributed by atoms with E-state index >= 15 is 0 Å². The van der Waals surface area contributed by atoms with Crippen LogP contribution in [0.15, 0.2) is 42.5 Å². The van der Waals surface area contributed by atoms with Crippen LogP contribution in [-0.2, 0) is 9.59 Å². The Morgan fingerprint density at radius 3 is 2.77 bits per heavy atom. The third-order valence-corrected chi connectivity index (χ3v) is 5.97. The Labute approximate surface area is 178 Å². The summed E-state index contributed by atoms with van der Waals surface area (Å²) in [6.07, 6.45) is 0.208. The number of methoxy groups -OCH3 is 1. The van der Waals surface area contributed by atoms with Gasteiger partial charge >= 0.3 is 0 Å². The summed E-state index contributed by atoms with van der Waals surface area (Å²) in [6.45, 7) is 3.06. The van der Waals surface area contributed by atoms with Crippen molar-refractivity contribution in [1.29, 1.82) is 0 Å². The largest absolute Gasteiger partial charge is 0.497 e. The van der Waals surface area contributed by atoms with E-state index in [0.29, 0.717) is 25.4 Å². The number of carbonyl (C=O) groups excluding carboxylic acids is 2. The van der Waals surface area contributed by atoms with Crippen LogP contribution in [0.2, 0.25) is 0 Å². The Hall–Kier alpha value is -3.13. The van der Waals surface area contributed by atoms with E-state index < -0.39 is 0 Å².